The largest absolute Gasteiger partial charge is 0.454 e. The van der Waals surface area contributed by atoms with Crippen molar-refractivity contribution in [2.45, 2.75) is 12.5 Å². The fourth-order valence-electron chi connectivity index (χ4n) is 2.21. The molecule has 0 amide bonds. The predicted molar refractivity (Wildman–Crippen MR) is 83.0 cm³/mol. The van der Waals surface area contributed by atoms with Gasteiger partial charge in [-0.05, 0) is 61.2 Å². The van der Waals surface area contributed by atoms with Crippen molar-refractivity contribution in [3.8, 4) is 11.5 Å². The third-order valence-corrected chi connectivity index (χ3v) is 4.76. The molecule has 2 aromatic carbocycles. The minimum atomic E-state index is -0.770. The Morgan fingerprint density at radius 3 is 2.86 bits per heavy atom. The summed E-state index contributed by atoms with van der Waals surface area (Å²) >= 11 is 6.60. The summed E-state index contributed by atoms with van der Waals surface area (Å²) < 4.78 is 25.2. The highest BCUT2D eigenvalue weighted by Crippen LogP contribution is 2.41. The van der Waals surface area contributed by atoms with Crippen LogP contribution in [0.3, 0.4) is 0 Å². The van der Waals surface area contributed by atoms with Gasteiger partial charge in [0.25, 0.3) is 0 Å². The summed E-state index contributed by atoms with van der Waals surface area (Å²) in [7, 11) is 0. The number of hydrogen-bond acceptors (Lipinski definition) is 3. The summed E-state index contributed by atoms with van der Waals surface area (Å²) in [4.78, 5) is 0. The number of rotatable bonds is 3. The molecule has 0 spiro atoms. The molecule has 0 aromatic heterocycles. The molecule has 0 bridgehead atoms. The molecule has 1 aliphatic rings. The maximum Gasteiger partial charge on any atom is 0.231 e. The van der Waals surface area contributed by atoms with Crippen molar-refractivity contribution >= 4 is 31.9 Å². The lowest BCUT2D eigenvalue weighted by Crippen LogP contribution is -2.03. The van der Waals surface area contributed by atoms with Crippen LogP contribution in [-0.4, -0.2) is 11.9 Å². The molecule has 0 saturated heterocycles. The third-order valence-electron chi connectivity index (χ3n) is 3.28. The predicted octanol–water partition coefficient (Wildman–Crippen LogP) is 4.36. The van der Waals surface area contributed by atoms with Gasteiger partial charge < -0.3 is 14.6 Å². The average Bonchev–Trinajstić information content (AvgIpc) is 2.92. The Kier molecular flexibility index (Phi) is 4.19. The van der Waals surface area contributed by atoms with E-state index in [0.717, 1.165) is 4.47 Å². The molecule has 0 fully saturated rings. The minimum Gasteiger partial charge on any atom is -0.454 e. The Hall–Kier alpha value is -1.11. The first-order valence-corrected chi connectivity index (χ1v) is 7.85. The molecule has 110 valence electrons. The van der Waals surface area contributed by atoms with Crippen molar-refractivity contribution in [1.29, 1.82) is 0 Å². The van der Waals surface area contributed by atoms with Crippen molar-refractivity contribution in [3.05, 3.63) is 56.2 Å². The third kappa shape index (κ3) is 2.93. The van der Waals surface area contributed by atoms with Crippen LogP contribution in [0.15, 0.2) is 39.3 Å². The van der Waals surface area contributed by atoms with E-state index in [9.17, 15) is 9.50 Å². The van der Waals surface area contributed by atoms with E-state index in [1.54, 1.807) is 24.3 Å². The van der Waals surface area contributed by atoms with Crippen LogP contribution in [-0.2, 0) is 6.42 Å². The quantitative estimate of drug-likeness (QED) is 0.806. The van der Waals surface area contributed by atoms with Crippen LogP contribution in [0.2, 0.25) is 0 Å². The lowest BCUT2D eigenvalue weighted by atomic mass is 10.0. The van der Waals surface area contributed by atoms with Gasteiger partial charge in [0.2, 0.25) is 6.79 Å². The molecule has 1 atom stereocenters. The van der Waals surface area contributed by atoms with Crippen LogP contribution < -0.4 is 9.47 Å². The van der Waals surface area contributed by atoms with E-state index in [-0.39, 0.29) is 12.6 Å². The van der Waals surface area contributed by atoms with Gasteiger partial charge in [-0.2, -0.15) is 0 Å². The van der Waals surface area contributed by atoms with Crippen molar-refractivity contribution in [3.63, 3.8) is 0 Å². The van der Waals surface area contributed by atoms with E-state index in [4.69, 9.17) is 9.47 Å². The van der Waals surface area contributed by atoms with Crippen LogP contribution in [0.1, 0.15) is 17.2 Å². The molecule has 0 saturated carbocycles. The first-order chi connectivity index (χ1) is 10.1. The zero-order valence-electron chi connectivity index (χ0n) is 10.8. The fraction of sp³-hybridized carbons (Fsp3) is 0.200. The molecule has 1 heterocycles. The Balaban J connectivity index is 1.87. The molecule has 3 rings (SSSR count). The number of benzene rings is 2. The normalized spacial score (nSPS) is 14.3. The van der Waals surface area contributed by atoms with E-state index in [0.29, 0.717) is 33.5 Å². The van der Waals surface area contributed by atoms with Crippen molar-refractivity contribution < 1.29 is 19.0 Å². The lowest BCUT2D eigenvalue weighted by molar-refractivity contribution is 0.171. The Labute approximate surface area is 137 Å². The molecule has 0 radical (unpaired) electrons. The zero-order valence-corrected chi connectivity index (χ0v) is 13.9. The van der Waals surface area contributed by atoms with Gasteiger partial charge in [-0.15, -0.1) is 0 Å². The molecular weight excluding hydrogens is 407 g/mol. The summed E-state index contributed by atoms with van der Waals surface area (Å²) in [5, 5.41) is 10.4. The number of hydrogen-bond donors (Lipinski definition) is 1. The average molecular weight is 418 g/mol. The smallest absolute Gasteiger partial charge is 0.231 e. The van der Waals surface area contributed by atoms with E-state index >= 15 is 0 Å². The highest BCUT2D eigenvalue weighted by molar-refractivity contribution is 9.10. The highest BCUT2D eigenvalue weighted by Gasteiger charge is 2.21. The topological polar surface area (TPSA) is 38.7 Å². The van der Waals surface area contributed by atoms with Gasteiger partial charge in [0.15, 0.2) is 11.5 Å². The van der Waals surface area contributed by atoms with Gasteiger partial charge in [0.05, 0.1) is 15.0 Å². The molecule has 1 N–H and O–H groups in total. The van der Waals surface area contributed by atoms with Gasteiger partial charge in [0, 0.05) is 6.42 Å². The van der Waals surface area contributed by atoms with E-state index in [2.05, 4.69) is 31.9 Å². The van der Waals surface area contributed by atoms with Gasteiger partial charge in [-0.3, -0.25) is 0 Å². The van der Waals surface area contributed by atoms with Gasteiger partial charge >= 0.3 is 0 Å². The van der Waals surface area contributed by atoms with Crippen molar-refractivity contribution in [2.24, 2.45) is 0 Å². The Morgan fingerprint density at radius 1 is 1.24 bits per heavy atom. The molecule has 0 aliphatic carbocycles. The van der Waals surface area contributed by atoms with Crippen molar-refractivity contribution in [1.82, 2.24) is 0 Å². The number of aliphatic hydroxyl groups is 1. The second kappa shape index (κ2) is 5.94. The van der Waals surface area contributed by atoms with E-state index < -0.39 is 6.10 Å². The first-order valence-electron chi connectivity index (χ1n) is 6.26. The van der Waals surface area contributed by atoms with Crippen LogP contribution >= 0.6 is 31.9 Å². The summed E-state index contributed by atoms with van der Waals surface area (Å²) in [6.07, 6.45) is -0.473. The summed E-state index contributed by atoms with van der Waals surface area (Å²) in [5.74, 6) is 0.890. The standard InChI is InChI=1S/C15H11Br2FO3/c16-10-4-9(6-13-15(10)21-7-20-13)12(19)5-8-2-1-3-11(18)14(8)17/h1-4,6,12,19H,5,7H2. The molecule has 1 unspecified atom stereocenters. The lowest BCUT2D eigenvalue weighted by Gasteiger charge is -2.14. The van der Waals surface area contributed by atoms with Crippen LogP contribution in [0.4, 0.5) is 4.39 Å². The second-order valence-electron chi connectivity index (χ2n) is 4.67. The van der Waals surface area contributed by atoms with Crippen molar-refractivity contribution in [2.75, 3.05) is 6.79 Å². The second-order valence-corrected chi connectivity index (χ2v) is 6.32. The molecule has 1 aliphatic heterocycles. The maximum atomic E-state index is 13.5. The highest BCUT2D eigenvalue weighted by atomic mass is 79.9. The summed E-state index contributed by atoms with van der Waals surface area (Å²) in [6, 6.07) is 8.30. The minimum absolute atomic E-state index is 0.170. The monoisotopic (exact) mass is 416 g/mol. The van der Waals surface area contributed by atoms with Crippen LogP contribution in [0.25, 0.3) is 0 Å². The SMILES string of the molecule is OC(Cc1cccc(F)c1Br)c1cc(Br)c2c(c1)OCO2. The Bertz CT molecular complexity index is 691. The summed E-state index contributed by atoms with van der Waals surface area (Å²) in [6.45, 7) is 0.170. The molecule has 3 nitrogen and oxygen atoms in total. The van der Waals surface area contributed by atoms with Crippen LogP contribution in [0.5, 0.6) is 11.5 Å². The fourth-order valence-corrected chi connectivity index (χ4v) is 3.21. The van der Waals surface area contributed by atoms with E-state index in [1.165, 1.54) is 6.07 Å². The molecule has 6 heteroatoms. The van der Waals surface area contributed by atoms with E-state index in [1.807, 2.05) is 0 Å². The molecule has 21 heavy (non-hydrogen) atoms. The number of ether oxygens (including phenoxy) is 2. The maximum absolute atomic E-state index is 13.5. The van der Waals surface area contributed by atoms with Crippen LogP contribution in [0, 0.1) is 5.82 Å². The number of fused-ring (bicyclic) bond motifs is 1. The van der Waals surface area contributed by atoms with Gasteiger partial charge in [0.1, 0.15) is 5.82 Å². The first kappa shape index (κ1) is 14.8. The molecular formula is C15H11Br2FO3. The summed E-state index contributed by atoms with van der Waals surface area (Å²) in [5.41, 5.74) is 1.39. The zero-order chi connectivity index (χ0) is 15.0. The number of halogens is 3. The van der Waals surface area contributed by atoms with Gasteiger partial charge in [-0.25, -0.2) is 4.39 Å². The Morgan fingerprint density at radius 2 is 2.05 bits per heavy atom. The number of aliphatic hydroxyl groups excluding tert-OH is 1. The van der Waals surface area contributed by atoms with Gasteiger partial charge in [-0.1, -0.05) is 12.1 Å². The molecule has 2 aromatic rings.